The number of amides is 3. The van der Waals surface area contributed by atoms with Crippen molar-refractivity contribution >= 4 is 23.4 Å². The molecule has 0 spiro atoms. The molecule has 3 amide bonds. The number of hydrogen-bond acceptors (Lipinski definition) is 6. The van der Waals surface area contributed by atoms with Crippen molar-refractivity contribution in [3.8, 4) is 17.2 Å². The number of alkyl halides is 3. The minimum absolute atomic E-state index is 0.246. The van der Waals surface area contributed by atoms with Crippen LogP contribution in [0.3, 0.4) is 0 Å². The number of carbonyl (C=O) groups is 2. The minimum atomic E-state index is -4.68. The van der Waals surface area contributed by atoms with E-state index in [4.69, 9.17) is 9.47 Å². The third kappa shape index (κ3) is 5.51. The lowest BCUT2D eigenvalue weighted by molar-refractivity contribution is -0.138. The maximum Gasteiger partial charge on any atom is 0.417 e. The standard InChI is InChI=1S/C22H18F3N5O5/c1-30-10-12(22(23,24)25)8-16(20(30)32)28-18(31)11-34-13-2-4-14(5-3-13)35-17-6-7-26-19-15(17)9-27-21(33)29-19/h2-8,10H,9,11H2,1H3,(H,28,31)(H2,26,27,29,33). The van der Waals surface area contributed by atoms with Crippen LogP contribution in [0, 0.1) is 0 Å². The molecular weight excluding hydrogens is 471 g/mol. The third-order valence-electron chi connectivity index (χ3n) is 4.88. The zero-order valence-corrected chi connectivity index (χ0v) is 18.1. The van der Waals surface area contributed by atoms with Crippen LogP contribution in [0.4, 0.5) is 29.5 Å². The molecule has 0 aliphatic carbocycles. The average Bonchev–Trinajstić information content (AvgIpc) is 2.80. The Bertz CT molecular complexity index is 1340. The predicted molar refractivity (Wildman–Crippen MR) is 117 cm³/mol. The molecule has 0 bridgehead atoms. The van der Waals surface area contributed by atoms with Crippen molar-refractivity contribution in [3.63, 3.8) is 0 Å². The van der Waals surface area contributed by atoms with Gasteiger partial charge in [0.25, 0.3) is 11.5 Å². The molecule has 3 heterocycles. The summed E-state index contributed by atoms with van der Waals surface area (Å²) in [5.74, 6) is 0.806. The topological polar surface area (TPSA) is 124 Å². The van der Waals surface area contributed by atoms with Gasteiger partial charge in [-0.25, -0.2) is 9.78 Å². The van der Waals surface area contributed by atoms with Crippen LogP contribution in [-0.2, 0) is 24.6 Å². The van der Waals surface area contributed by atoms with E-state index in [-0.39, 0.29) is 18.3 Å². The summed E-state index contributed by atoms with van der Waals surface area (Å²) in [4.78, 5) is 39.7. The van der Waals surface area contributed by atoms with Crippen LogP contribution in [0.25, 0.3) is 0 Å². The van der Waals surface area contributed by atoms with E-state index in [1.807, 2.05) is 0 Å². The molecule has 2 aromatic heterocycles. The Balaban J connectivity index is 1.37. The van der Waals surface area contributed by atoms with Crippen molar-refractivity contribution in [1.29, 1.82) is 0 Å². The monoisotopic (exact) mass is 489 g/mol. The highest BCUT2D eigenvalue weighted by Crippen LogP contribution is 2.31. The molecule has 4 rings (SSSR count). The van der Waals surface area contributed by atoms with Gasteiger partial charge in [-0.15, -0.1) is 0 Å². The van der Waals surface area contributed by atoms with Crippen LogP contribution < -0.4 is 31.0 Å². The smallest absolute Gasteiger partial charge is 0.417 e. The van der Waals surface area contributed by atoms with Gasteiger partial charge in [-0.3, -0.25) is 14.9 Å². The van der Waals surface area contributed by atoms with Crippen molar-refractivity contribution in [3.05, 3.63) is 70.3 Å². The quantitative estimate of drug-likeness (QED) is 0.489. The number of fused-ring (bicyclic) bond motifs is 1. The van der Waals surface area contributed by atoms with E-state index < -0.39 is 35.5 Å². The van der Waals surface area contributed by atoms with Gasteiger partial charge in [0, 0.05) is 19.4 Å². The lowest BCUT2D eigenvalue weighted by Gasteiger charge is -2.20. The summed E-state index contributed by atoms with van der Waals surface area (Å²) < 4.78 is 50.8. The lowest BCUT2D eigenvalue weighted by Crippen LogP contribution is -2.34. The predicted octanol–water partition coefficient (Wildman–Crippen LogP) is 3.24. The zero-order valence-electron chi connectivity index (χ0n) is 18.1. The number of rotatable bonds is 6. The molecule has 0 radical (unpaired) electrons. The van der Waals surface area contributed by atoms with Crippen molar-refractivity contribution in [2.45, 2.75) is 12.7 Å². The Morgan fingerprint density at radius 3 is 2.60 bits per heavy atom. The summed E-state index contributed by atoms with van der Waals surface area (Å²) >= 11 is 0. The Kier molecular flexibility index (Phi) is 6.32. The molecular formula is C22H18F3N5O5. The van der Waals surface area contributed by atoms with E-state index in [2.05, 4.69) is 20.9 Å². The number of benzene rings is 1. The summed E-state index contributed by atoms with van der Waals surface area (Å²) in [7, 11) is 1.15. The third-order valence-corrected chi connectivity index (χ3v) is 4.88. The number of ether oxygens (including phenoxy) is 2. The number of carbonyl (C=O) groups excluding carboxylic acids is 2. The number of halogens is 3. The molecule has 0 fully saturated rings. The van der Waals surface area contributed by atoms with Gasteiger partial charge in [-0.1, -0.05) is 0 Å². The van der Waals surface area contributed by atoms with Gasteiger partial charge in [0.05, 0.1) is 17.7 Å². The minimum Gasteiger partial charge on any atom is -0.484 e. The summed E-state index contributed by atoms with van der Waals surface area (Å²) in [5.41, 5.74) is -1.70. The Morgan fingerprint density at radius 2 is 1.89 bits per heavy atom. The zero-order chi connectivity index (χ0) is 25.2. The fourth-order valence-corrected chi connectivity index (χ4v) is 3.19. The van der Waals surface area contributed by atoms with Crippen molar-refractivity contribution in [2.24, 2.45) is 7.05 Å². The molecule has 182 valence electrons. The Morgan fingerprint density at radius 1 is 1.17 bits per heavy atom. The van der Waals surface area contributed by atoms with E-state index in [0.29, 0.717) is 35.1 Å². The van der Waals surface area contributed by atoms with Crippen LogP contribution in [0.2, 0.25) is 0 Å². The van der Waals surface area contributed by atoms with Gasteiger partial charge in [0.2, 0.25) is 0 Å². The number of nitrogens with zero attached hydrogens (tertiary/aromatic N) is 2. The van der Waals surface area contributed by atoms with Crippen LogP contribution in [0.1, 0.15) is 11.1 Å². The summed E-state index contributed by atoms with van der Waals surface area (Å²) in [5, 5.41) is 7.36. The van der Waals surface area contributed by atoms with E-state index in [0.717, 1.165) is 11.6 Å². The molecule has 3 aromatic rings. The van der Waals surface area contributed by atoms with Crippen LogP contribution in [-0.4, -0.2) is 28.1 Å². The second-order valence-electron chi connectivity index (χ2n) is 7.41. The first-order valence-electron chi connectivity index (χ1n) is 10.1. The molecule has 0 atom stereocenters. The highest BCUT2D eigenvalue weighted by Gasteiger charge is 2.32. The van der Waals surface area contributed by atoms with Crippen molar-refractivity contribution in [2.75, 3.05) is 17.2 Å². The van der Waals surface area contributed by atoms with Crippen LogP contribution in [0.15, 0.2) is 53.6 Å². The van der Waals surface area contributed by atoms with Gasteiger partial charge < -0.3 is 24.7 Å². The van der Waals surface area contributed by atoms with E-state index in [9.17, 15) is 27.6 Å². The Hall–Kier alpha value is -4.55. The number of urea groups is 1. The Labute approximate surface area is 195 Å². The summed E-state index contributed by atoms with van der Waals surface area (Å²) in [6, 6.07) is 8.07. The normalized spacial score (nSPS) is 12.7. The fraction of sp³-hybridized carbons (Fsp3) is 0.182. The molecule has 1 aliphatic heterocycles. The molecule has 0 saturated carbocycles. The van der Waals surface area contributed by atoms with Crippen LogP contribution >= 0.6 is 0 Å². The highest BCUT2D eigenvalue weighted by atomic mass is 19.4. The van der Waals surface area contributed by atoms with E-state index in [1.165, 1.54) is 18.3 Å². The first-order valence-corrected chi connectivity index (χ1v) is 10.1. The molecule has 0 unspecified atom stereocenters. The molecule has 13 heteroatoms. The van der Waals surface area contributed by atoms with Gasteiger partial charge in [-0.05, 0) is 36.4 Å². The number of aromatic nitrogens is 2. The number of nitrogens with one attached hydrogen (secondary N) is 3. The summed E-state index contributed by atoms with van der Waals surface area (Å²) in [6.07, 6.45) is -2.54. The SMILES string of the molecule is Cn1cc(C(F)(F)F)cc(NC(=O)COc2ccc(Oc3ccnc4c3CNC(=O)N4)cc2)c1=O. The van der Waals surface area contributed by atoms with Gasteiger partial charge in [-0.2, -0.15) is 13.2 Å². The molecule has 35 heavy (non-hydrogen) atoms. The largest absolute Gasteiger partial charge is 0.484 e. The highest BCUT2D eigenvalue weighted by molar-refractivity contribution is 5.92. The second-order valence-corrected chi connectivity index (χ2v) is 7.41. The van der Waals surface area contributed by atoms with E-state index in [1.54, 1.807) is 18.2 Å². The van der Waals surface area contributed by atoms with E-state index >= 15 is 0 Å². The maximum atomic E-state index is 13.0. The molecule has 10 nitrogen and oxygen atoms in total. The van der Waals surface area contributed by atoms with Crippen LogP contribution in [0.5, 0.6) is 17.2 Å². The summed E-state index contributed by atoms with van der Waals surface area (Å²) in [6.45, 7) is -0.293. The van der Waals surface area contributed by atoms with Crippen molar-refractivity contribution in [1.82, 2.24) is 14.9 Å². The van der Waals surface area contributed by atoms with Gasteiger partial charge >= 0.3 is 12.2 Å². The second kappa shape index (κ2) is 9.37. The first kappa shape index (κ1) is 23.6. The lowest BCUT2D eigenvalue weighted by atomic mass is 10.2. The maximum absolute atomic E-state index is 13.0. The molecule has 1 aliphatic rings. The van der Waals surface area contributed by atoms with Gasteiger partial charge in [0.15, 0.2) is 6.61 Å². The number of anilines is 2. The number of aryl methyl sites for hydroxylation is 1. The number of pyridine rings is 2. The van der Waals surface area contributed by atoms with Crippen molar-refractivity contribution < 1.29 is 32.2 Å². The molecule has 1 aromatic carbocycles. The molecule has 0 saturated heterocycles. The van der Waals surface area contributed by atoms with Gasteiger partial charge in [0.1, 0.15) is 28.8 Å². The average molecular weight is 489 g/mol. The fourth-order valence-electron chi connectivity index (χ4n) is 3.19. The first-order chi connectivity index (χ1) is 16.6. The molecule has 3 N–H and O–H groups in total. The number of hydrogen-bond donors (Lipinski definition) is 3.